The zero-order valence-corrected chi connectivity index (χ0v) is 40.0. The molecule has 356 valence electrons. The predicted octanol–water partition coefficient (Wildman–Crippen LogP) is 5.52. The van der Waals surface area contributed by atoms with Gasteiger partial charge in [0.15, 0.2) is 0 Å². The van der Waals surface area contributed by atoms with Crippen LogP contribution < -0.4 is 22.1 Å². The van der Waals surface area contributed by atoms with E-state index in [1.165, 1.54) is 9.80 Å². The summed E-state index contributed by atoms with van der Waals surface area (Å²) in [4.78, 5) is 79.4. The molecule has 0 spiro atoms. The van der Waals surface area contributed by atoms with Crippen molar-refractivity contribution in [2.45, 2.75) is 38.5 Å². The van der Waals surface area contributed by atoms with E-state index in [0.717, 1.165) is 57.0 Å². The van der Waals surface area contributed by atoms with Crippen molar-refractivity contribution in [3.63, 3.8) is 0 Å². The Bertz CT molecular complexity index is 3170. The molecule has 4 atom stereocenters. The van der Waals surface area contributed by atoms with Crippen molar-refractivity contribution >= 4 is 68.4 Å². The molecule has 2 saturated carbocycles. The molecule has 2 aliphatic carbocycles. The fraction of sp³-hybridized carbons (Fsp3) is 0.280. The number of hydrogen-bond donors (Lipinski definition) is 4. The second kappa shape index (κ2) is 18.4. The van der Waals surface area contributed by atoms with Gasteiger partial charge in [0.2, 0.25) is 11.8 Å². The third-order valence-corrected chi connectivity index (χ3v) is 12.6. The lowest BCUT2D eigenvalue weighted by Gasteiger charge is -2.13. The van der Waals surface area contributed by atoms with Crippen molar-refractivity contribution in [3.05, 3.63) is 120 Å². The van der Waals surface area contributed by atoms with Crippen molar-refractivity contribution in [2.75, 3.05) is 50.3 Å². The summed E-state index contributed by atoms with van der Waals surface area (Å²) in [6.45, 7) is 3.80. The lowest BCUT2D eigenvalue weighted by atomic mass is 10.0. The van der Waals surface area contributed by atoms with Crippen molar-refractivity contribution in [1.82, 2.24) is 59.3 Å². The van der Waals surface area contributed by atoms with Crippen molar-refractivity contribution in [3.8, 4) is 22.5 Å². The zero-order valence-electron chi connectivity index (χ0n) is 40.0. The van der Waals surface area contributed by atoms with Crippen molar-refractivity contribution in [2.24, 2.45) is 25.9 Å². The molecule has 0 aliphatic heterocycles. The van der Waals surface area contributed by atoms with Gasteiger partial charge in [-0.15, -0.1) is 0 Å². The molecule has 2 fully saturated rings. The van der Waals surface area contributed by atoms with E-state index in [-0.39, 0.29) is 47.3 Å². The van der Waals surface area contributed by atoms with Gasteiger partial charge in [0, 0.05) is 113 Å². The van der Waals surface area contributed by atoms with Crippen LogP contribution in [0.1, 0.15) is 67.9 Å². The van der Waals surface area contributed by atoms with Gasteiger partial charge >= 0.3 is 0 Å². The number of fused-ring (bicyclic) bond motifs is 2. The summed E-state index contributed by atoms with van der Waals surface area (Å²) in [6, 6.07) is 10.8. The molecule has 20 heteroatoms. The Labute approximate surface area is 402 Å². The lowest BCUT2D eigenvalue weighted by Crippen LogP contribution is -2.22. The number of rotatable bonds is 10. The van der Waals surface area contributed by atoms with Crippen molar-refractivity contribution in [1.29, 1.82) is 0 Å². The highest BCUT2D eigenvalue weighted by atomic mass is 16.2. The Morgan fingerprint density at radius 1 is 0.571 bits per heavy atom. The maximum atomic E-state index is 12.8. The summed E-state index contributed by atoms with van der Waals surface area (Å²) in [6.07, 6.45) is 15.6. The summed E-state index contributed by atoms with van der Waals surface area (Å²) in [5.74, 6) is 1.31. The fourth-order valence-electron chi connectivity index (χ4n) is 8.51. The monoisotopic (exact) mass is 940 g/mol. The highest BCUT2D eigenvalue weighted by Gasteiger charge is 2.45. The number of pyridine rings is 6. The highest BCUT2D eigenvalue weighted by molar-refractivity contribution is 6.01. The largest absolute Gasteiger partial charge is 0.383 e. The number of nitrogen functional groups attached to an aromatic ring is 2. The van der Waals surface area contributed by atoms with Crippen LogP contribution in [0.4, 0.5) is 23.3 Å². The Kier molecular flexibility index (Phi) is 12.2. The van der Waals surface area contributed by atoms with E-state index in [1.807, 2.05) is 64.9 Å². The number of carbonyl (C=O) groups is 4. The molecule has 0 saturated heterocycles. The van der Waals surface area contributed by atoms with Gasteiger partial charge in [0.1, 0.15) is 34.7 Å². The molecule has 2 aliphatic rings. The molecule has 8 heterocycles. The number of aromatic nitrogens is 10. The quantitative estimate of drug-likeness (QED) is 0.132. The number of nitrogens with zero attached hydrogens (tertiary/aromatic N) is 12. The van der Waals surface area contributed by atoms with Gasteiger partial charge in [0.25, 0.3) is 11.8 Å². The second-order valence-electron chi connectivity index (χ2n) is 18.3. The Balaban J connectivity index is 0.000000174. The fourth-order valence-corrected chi connectivity index (χ4v) is 8.51. The molecular formula is C50H52N16O4. The van der Waals surface area contributed by atoms with E-state index >= 15 is 0 Å². The Hall–Kier alpha value is -8.68. The van der Waals surface area contributed by atoms with Gasteiger partial charge in [-0.2, -0.15) is 10.2 Å². The zero-order chi connectivity index (χ0) is 49.7. The molecule has 6 N–H and O–H groups in total. The summed E-state index contributed by atoms with van der Waals surface area (Å²) in [7, 11) is 10.5. The number of aryl methyl sites for hydroxylation is 4. The minimum atomic E-state index is -0.168. The highest BCUT2D eigenvalue weighted by Crippen LogP contribution is 2.49. The molecule has 10 rings (SSSR count). The average Bonchev–Trinajstić information content (AvgIpc) is 4.22. The molecule has 8 aromatic heterocycles. The number of hydrogen-bond acceptors (Lipinski definition) is 14. The molecule has 20 nitrogen and oxygen atoms in total. The summed E-state index contributed by atoms with van der Waals surface area (Å²) in [5, 5.41) is 17.2. The average molecular weight is 941 g/mol. The maximum absolute atomic E-state index is 12.8. The third kappa shape index (κ3) is 9.55. The van der Waals surface area contributed by atoms with Crippen LogP contribution in [-0.4, -0.2) is 111 Å². The smallest absolute Gasteiger partial charge is 0.271 e. The standard InChI is InChI=1S/2C25H26N8O2/c2*1-13-5-21(25(35)32(2)3)27-10-18(13)20-6-14-7-22(28-11-19(14)23(26)30-20)31-24(34)17-8-16(17)15-9-29-33(4)12-15/h2*5-7,9-12,16-17H,8H2,1-4H3,(H2,26,30)(H,28,31,34)/t2*16-,17+/m10/s1. The van der Waals surface area contributed by atoms with Crippen LogP contribution in [0.15, 0.2) is 86.0 Å². The van der Waals surface area contributed by atoms with Crippen LogP contribution >= 0.6 is 0 Å². The molecule has 0 bridgehead atoms. The first-order valence-corrected chi connectivity index (χ1v) is 22.5. The van der Waals surface area contributed by atoms with E-state index in [1.54, 1.807) is 86.6 Å². The van der Waals surface area contributed by atoms with Crippen LogP contribution in [0.3, 0.4) is 0 Å². The predicted molar refractivity (Wildman–Crippen MR) is 265 cm³/mol. The van der Waals surface area contributed by atoms with Crippen LogP contribution in [0.5, 0.6) is 0 Å². The Morgan fingerprint density at radius 2 is 0.971 bits per heavy atom. The molecule has 0 aromatic carbocycles. The van der Waals surface area contributed by atoms with E-state index in [9.17, 15) is 19.2 Å². The first-order valence-electron chi connectivity index (χ1n) is 22.5. The van der Waals surface area contributed by atoms with Gasteiger partial charge in [0.05, 0.1) is 23.8 Å². The van der Waals surface area contributed by atoms with Gasteiger partial charge < -0.3 is 31.9 Å². The van der Waals surface area contributed by atoms with Crippen molar-refractivity contribution < 1.29 is 19.2 Å². The van der Waals surface area contributed by atoms with Gasteiger partial charge in [-0.3, -0.25) is 38.5 Å². The molecule has 0 radical (unpaired) electrons. The van der Waals surface area contributed by atoms with E-state index in [2.05, 4.69) is 50.7 Å². The maximum Gasteiger partial charge on any atom is 0.271 e. The van der Waals surface area contributed by atoms with Crippen LogP contribution in [0, 0.1) is 25.7 Å². The second-order valence-corrected chi connectivity index (χ2v) is 18.3. The molecular weight excluding hydrogens is 889 g/mol. The first kappa shape index (κ1) is 46.4. The van der Waals surface area contributed by atoms with Crippen LogP contribution in [0.2, 0.25) is 0 Å². The number of carbonyl (C=O) groups excluding carboxylic acids is 4. The minimum absolute atomic E-state index is 0.0610. The topological polar surface area (TPSA) is 264 Å². The minimum Gasteiger partial charge on any atom is -0.383 e. The summed E-state index contributed by atoms with van der Waals surface area (Å²) in [5.41, 5.74) is 19.9. The summed E-state index contributed by atoms with van der Waals surface area (Å²) >= 11 is 0. The van der Waals surface area contributed by atoms with E-state index < -0.39 is 0 Å². The van der Waals surface area contributed by atoms with Gasteiger partial charge in [-0.1, -0.05) is 0 Å². The molecule has 4 amide bonds. The lowest BCUT2D eigenvalue weighted by molar-refractivity contribution is -0.118. The SMILES string of the molecule is Cc1cc(C(=O)N(C)C)ncc1-c1cc2cc(NC(=O)[C@@H]3C[C@H]3c3cnn(C)c3)ncc2c(N)n1.Cc1cc(C(=O)N(C)C)ncc1-c1cc2cc(NC(=O)[C@H]3C[C@@H]3c3cnn(C)c3)ncc2c(N)n1. The normalized spacial score (nSPS) is 16.8. The van der Waals surface area contributed by atoms with Gasteiger partial charge in [-0.25, -0.2) is 19.9 Å². The Morgan fingerprint density at radius 3 is 1.31 bits per heavy atom. The van der Waals surface area contributed by atoms with Crippen LogP contribution in [0.25, 0.3) is 44.1 Å². The number of amides is 4. The summed E-state index contributed by atoms with van der Waals surface area (Å²) < 4.78 is 3.49. The number of nitrogens with one attached hydrogen (secondary N) is 2. The molecule has 0 unspecified atom stereocenters. The van der Waals surface area contributed by atoms with E-state index in [0.29, 0.717) is 56.8 Å². The number of nitrogens with two attached hydrogens (primary N) is 2. The van der Waals surface area contributed by atoms with Gasteiger partial charge in [-0.05, 0) is 108 Å². The van der Waals surface area contributed by atoms with Crippen LogP contribution in [-0.2, 0) is 23.7 Å². The molecule has 70 heavy (non-hydrogen) atoms. The number of anilines is 4. The first-order chi connectivity index (χ1) is 33.4. The van der Waals surface area contributed by atoms with E-state index in [4.69, 9.17) is 11.5 Å². The molecule has 8 aromatic rings. The third-order valence-electron chi connectivity index (χ3n) is 12.6.